The van der Waals surface area contributed by atoms with Crippen molar-refractivity contribution in [2.75, 3.05) is 17.2 Å². The molecule has 0 spiro atoms. The third kappa shape index (κ3) is 2.59. The Balaban J connectivity index is 1.68. The van der Waals surface area contributed by atoms with Gasteiger partial charge in [0, 0.05) is 5.69 Å². The SMILES string of the molecule is Cc1ccc(NC(=O)C2CNc3ccccc3O2)cc1. The first kappa shape index (κ1) is 12.5. The first-order chi connectivity index (χ1) is 9.72. The van der Waals surface area contributed by atoms with Gasteiger partial charge in [0.1, 0.15) is 5.75 Å². The van der Waals surface area contributed by atoms with Crippen molar-refractivity contribution in [3.05, 3.63) is 54.1 Å². The summed E-state index contributed by atoms with van der Waals surface area (Å²) < 4.78 is 5.72. The molecule has 1 amide bonds. The molecule has 0 aliphatic carbocycles. The van der Waals surface area contributed by atoms with Crippen LogP contribution in [0.4, 0.5) is 11.4 Å². The lowest BCUT2D eigenvalue weighted by atomic mass is 10.2. The molecule has 0 bridgehead atoms. The van der Waals surface area contributed by atoms with E-state index in [0.29, 0.717) is 12.3 Å². The highest BCUT2D eigenvalue weighted by molar-refractivity contribution is 5.95. The molecule has 1 aliphatic rings. The average Bonchev–Trinajstić information content (AvgIpc) is 2.49. The molecule has 2 N–H and O–H groups in total. The predicted molar refractivity (Wildman–Crippen MR) is 79.2 cm³/mol. The van der Waals surface area contributed by atoms with Gasteiger partial charge in [0.25, 0.3) is 5.91 Å². The lowest BCUT2D eigenvalue weighted by molar-refractivity contribution is -0.122. The molecule has 1 unspecified atom stereocenters. The van der Waals surface area contributed by atoms with Crippen molar-refractivity contribution in [2.24, 2.45) is 0 Å². The van der Waals surface area contributed by atoms with E-state index < -0.39 is 6.10 Å². The Hall–Kier alpha value is -2.49. The summed E-state index contributed by atoms with van der Waals surface area (Å²) in [6.45, 7) is 2.48. The number of ether oxygens (including phenoxy) is 1. The van der Waals surface area contributed by atoms with E-state index in [1.807, 2.05) is 55.5 Å². The molecule has 4 nitrogen and oxygen atoms in total. The Labute approximate surface area is 117 Å². The molecular weight excluding hydrogens is 252 g/mol. The van der Waals surface area contributed by atoms with Crippen LogP contribution in [0.15, 0.2) is 48.5 Å². The highest BCUT2D eigenvalue weighted by Crippen LogP contribution is 2.28. The van der Waals surface area contributed by atoms with Gasteiger partial charge in [0.05, 0.1) is 12.2 Å². The number of anilines is 2. The quantitative estimate of drug-likeness (QED) is 0.880. The van der Waals surface area contributed by atoms with E-state index >= 15 is 0 Å². The molecule has 0 saturated heterocycles. The summed E-state index contributed by atoms with van der Waals surface area (Å²) in [5, 5.41) is 6.07. The number of benzene rings is 2. The lowest BCUT2D eigenvalue weighted by Crippen LogP contribution is -2.41. The van der Waals surface area contributed by atoms with Gasteiger partial charge in [-0.15, -0.1) is 0 Å². The van der Waals surface area contributed by atoms with Crippen LogP contribution in [0.5, 0.6) is 5.75 Å². The second-order valence-corrected chi connectivity index (χ2v) is 4.84. The van der Waals surface area contributed by atoms with Crippen LogP contribution in [-0.2, 0) is 4.79 Å². The number of hydrogen-bond donors (Lipinski definition) is 2. The second-order valence-electron chi connectivity index (χ2n) is 4.84. The molecule has 2 aromatic carbocycles. The van der Waals surface area contributed by atoms with E-state index in [1.54, 1.807) is 0 Å². The zero-order valence-electron chi connectivity index (χ0n) is 11.2. The summed E-state index contributed by atoms with van der Waals surface area (Å²) in [5.41, 5.74) is 2.86. The van der Waals surface area contributed by atoms with Crippen molar-refractivity contribution in [3.8, 4) is 5.75 Å². The van der Waals surface area contributed by atoms with Gasteiger partial charge in [-0.25, -0.2) is 0 Å². The van der Waals surface area contributed by atoms with Crippen molar-refractivity contribution in [2.45, 2.75) is 13.0 Å². The molecule has 1 heterocycles. The van der Waals surface area contributed by atoms with Gasteiger partial charge in [-0.1, -0.05) is 29.8 Å². The number of carbonyl (C=O) groups excluding carboxylic acids is 1. The van der Waals surface area contributed by atoms with Crippen molar-refractivity contribution >= 4 is 17.3 Å². The van der Waals surface area contributed by atoms with Crippen LogP contribution in [0.25, 0.3) is 0 Å². The van der Waals surface area contributed by atoms with Gasteiger partial charge in [0.15, 0.2) is 6.10 Å². The second kappa shape index (κ2) is 5.25. The van der Waals surface area contributed by atoms with E-state index in [0.717, 1.165) is 16.9 Å². The number of rotatable bonds is 2. The van der Waals surface area contributed by atoms with Crippen LogP contribution in [0.2, 0.25) is 0 Å². The summed E-state index contributed by atoms with van der Waals surface area (Å²) in [4.78, 5) is 12.2. The van der Waals surface area contributed by atoms with E-state index in [1.165, 1.54) is 0 Å². The smallest absolute Gasteiger partial charge is 0.267 e. The molecule has 1 aliphatic heterocycles. The minimum Gasteiger partial charge on any atom is -0.477 e. The maximum Gasteiger partial charge on any atom is 0.267 e. The minimum atomic E-state index is -0.522. The average molecular weight is 268 g/mol. The zero-order valence-corrected chi connectivity index (χ0v) is 11.2. The number of nitrogens with one attached hydrogen (secondary N) is 2. The molecule has 1 atom stereocenters. The maximum atomic E-state index is 12.2. The molecule has 0 radical (unpaired) electrons. The van der Waals surface area contributed by atoms with Crippen molar-refractivity contribution in [3.63, 3.8) is 0 Å². The van der Waals surface area contributed by atoms with Crippen LogP contribution in [0.1, 0.15) is 5.56 Å². The summed E-state index contributed by atoms with van der Waals surface area (Å²) in [7, 11) is 0. The van der Waals surface area contributed by atoms with Crippen LogP contribution >= 0.6 is 0 Å². The molecule has 4 heteroatoms. The van der Waals surface area contributed by atoms with Gasteiger partial charge in [-0.2, -0.15) is 0 Å². The van der Waals surface area contributed by atoms with Crippen LogP contribution < -0.4 is 15.4 Å². The molecule has 0 saturated carbocycles. The molecule has 0 aromatic heterocycles. The van der Waals surface area contributed by atoms with Gasteiger partial charge in [0.2, 0.25) is 0 Å². The van der Waals surface area contributed by atoms with E-state index in [9.17, 15) is 4.79 Å². The van der Waals surface area contributed by atoms with E-state index in [4.69, 9.17) is 4.74 Å². The third-order valence-corrected chi connectivity index (χ3v) is 3.25. The highest BCUT2D eigenvalue weighted by atomic mass is 16.5. The number of fused-ring (bicyclic) bond motifs is 1. The summed E-state index contributed by atoms with van der Waals surface area (Å²) in [6.07, 6.45) is -0.522. The summed E-state index contributed by atoms with van der Waals surface area (Å²) in [6, 6.07) is 15.3. The van der Waals surface area contributed by atoms with E-state index in [-0.39, 0.29) is 5.91 Å². The minimum absolute atomic E-state index is 0.143. The largest absolute Gasteiger partial charge is 0.477 e. The molecule has 102 valence electrons. The standard InChI is InChI=1S/C16H16N2O2/c1-11-6-8-12(9-7-11)18-16(19)15-10-17-13-4-2-3-5-14(13)20-15/h2-9,15,17H,10H2,1H3,(H,18,19). The van der Waals surface area contributed by atoms with Gasteiger partial charge >= 0.3 is 0 Å². The fraction of sp³-hybridized carbons (Fsp3) is 0.188. The molecule has 2 aromatic rings. The van der Waals surface area contributed by atoms with E-state index in [2.05, 4.69) is 10.6 Å². The number of para-hydroxylation sites is 2. The Morgan fingerprint density at radius 2 is 1.95 bits per heavy atom. The van der Waals surface area contributed by atoms with Crippen LogP contribution in [0.3, 0.4) is 0 Å². The first-order valence-electron chi connectivity index (χ1n) is 6.59. The van der Waals surface area contributed by atoms with Crippen LogP contribution in [0, 0.1) is 6.92 Å². The normalized spacial score (nSPS) is 16.6. The Kier molecular flexibility index (Phi) is 3.29. The van der Waals surface area contributed by atoms with Gasteiger partial charge in [-0.3, -0.25) is 4.79 Å². The fourth-order valence-corrected chi connectivity index (χ4v) is 2.12. The van der Waals surface area contributed by atoms with Crippen molar-refractivity contribution in [1.29, 1.82) is 0 Å². The fourth-order valence-electron chi connectivity index (χ4n) is 2.12. The number of aryl methyl sites for hydroxylation is 1. The Morgan fingerprint density at radius 1 is 1.20 bits per heavy atom. The zero-order chi connectivity index (χ0) is 13.9. The first-order valence-corrected chi connectivity index (χ1v) is 6.59. The summed E-state index contributed by atoms with van der Waals surface area (Å²) in [5.74, 6) is 0.568. The Bertz CT molecular complexity index is 623. The molecule has 0 fully saturated rings. The van der Waals surface area contributed by atoms with Gasteiger partial charge in [-0.05, 0) is 31.2 Å². The predicted octanol–water partition coefficient (Wildman–Crippen LogP) is 2.81. The molecule has 20 heavy (non-hydrogen) atoms. The van der Waals surface area contributed by atoms with Crippen molar-refractivity contribution < 1.29 is 9.53 Å². The van der Waals surface area contributed by atoms with Gasteiger partial charge < -0.3 is 15.4 Å². The number of hydrogen-bond acceptors (Lipinski definition) is 3. The highest BCUT2D eigenvalue weighted by Gasteiger charge is 2.25. The number of carbonyl (C=O) groups is 1. The maximum absolute atomic E-state index is 12.2. The van der Waals surface area contributed by atoms with Crippen LogP contribution in [-0.4, -0.2) is 18.6 Å². The third-order valence-electron chi connectivity index (χ3n) is 3.25. The van der Waals surface area contributed by atoms with Crippen molar-refractivity contribution in [1.82, 2.24) is 0 Å². The molecular formula is C16H16N2O2. The number of amides is 1. The lowest BCUT2D eigenvalue weighted by Gasteiger charge is -2.26. The summed E-state index contributed by atoms with van der Waals surface area (Å²) >= 11 is 0. The molecule has 3 rings (SSSR count). The monoisotopic (exact) mass is 268 g/mol. The topological polar surface area (TPSA) is 50.4 Å². The Morgan fingerprint density at radius 3 is 2.75 bits per heavy atom.